The number of hydrogen-bond acceptors (Lipinski definition) is 6. The van der Waals surface area contributed by atoms with E-state index in [2.05, 4.69) is 14.9 Å². The number of nitrogens with one attached hydrogen (secondary N) is 1. The number of H-pyrrole nitrogens is 1. The number of carbonyl (C=O) groups is 2. The van der Waals surface area contributed by atoms with E-state index in [1.807, 2.05) is 11.4 Å². The minimum Gasteiger partial charge on any atom is -0.481 e. The molecule has 8 nitrogen and oxygen atoms in total. The molecule has 2 N–H and O–H groups in total. The number of thiophene rings is 1. The van der Waals surface area contributed by atoms with E-state index in [0.29, 0.717) is 48.5 Å². The van der Waals surface area contributed by atoms with Gasteiger partial charge in [0.15, 0.2) is 0 Å². The first-order chi connectivity index (χ1) is 12.4. The Morgan fingerprint density at radius 3 is 2.85 bits per heavy atom. The number of piperidine rings is 1. The summed E-state index contributed by atoms with van der Waals surface area (Å²) in [5, 5.41) is 11.4. The Morgan fingerprint density at radius 1 is 1.42 bits per heavy atom. The number of fused-ring (bicyclic) bond motifs is 1. The first-order valence-electron chi connectivity index (χ1n) is 8.59. The molecular weight excluding hydrogens is 356 g/mol. The van der Waals surface area contributed by atoms with Crippen LogP contribution in [0.3, 0.4) is 0 Å². The van der Waals surface area contributed by atoms with E-state index < -0.39 is 17.4 Å². The summed E-state index contributed by atoms with van der Waals surface area (Å²) in [6.45, 7) is 1.83. The van der Waals surface area contributed by atoms with Crippen LogP contribution >= 0.6 is 11.3 Å². The van der Waals surface area contributed by atoms with Crippen LogP contribution in [0.25, 0.3) is 10.2 Å². The molecular formula is C17H20N4O4S. The minimum atomic E-state index is -0.898. The highest BCUT2D eigenvalue weighted by Crippen LogP contribution is 2.42. The Bertz CT molecular complexity index is 928. The molecule has 2 aromatic heterocycles. The molecule has 0 saturated carbocycles. The highest BCUT2D eigenvalue weighted by Gasteiger charge is 2.55. The van der Waals surface area contributed by atoms with E-state index in [4.69, 9.17) is 0 Å². The van der Waals surface area contributed by atoms with Crippen LogP contribution in [0.5, 0.6) is 0 Å². The van der Waals surface area contributed by atoms with Crippen LogP contribution in [0.1, 0.15) is 25.1 Å². The number of nitrogens with zero attached hydrogens (tertiary/aromatic N) is 3. The fourth-order valence-electron chi connectivity index (χ4n) is 4.29. The second kappa shape index (κ2) is 6.17. The number of carboxylic acid groups (broad SMARTS) is 1. The molecule has 9 heteroatoms. The molecule has 1 amide bonds. The quantitative estimate of drug-likeness (QED) is 0.824. The molecule has 0 unspecified atom stereocenters. The van der Waals surface area contributed by atoms with Crippen LogP contribution in [-0.4, -0.2) is 62.4 Å². The summed E-state index contributed by atoms with van der Waals surface area (Å²) in [6, 6.07) is 1.83. The molecule has 2 saturated heterocycles. The van der Waals surface area contributed by atoms with Gasteiger partial charge in [-0.1, -0.05) is 0 Å². The summed E-state index contributed by atoms with van der Waals surface area (Å²) in [4.78, 5) is 46.9. The number of likely N-dealkylation sites (tertiary alicyclic amines) is 2. The molecule has 26 heavy (non-hydrogen) atoms. The summed E-state index contributed by atoms with van der Waals surface area (Å²) in [5.41, 5.74) is -0.0211. The molecule has 2 aliphatic rings. The largest absolute Gasteiger partial charge is 0.481 e. The van der Waals surface area contributed by atoms with Crippen molar-refractivity contribution in [3.8, 4) is 0 Å². The van der Waals surface area contributed by atoms with Crippen molar-refractivity contribution in [3.63, 3.8) is 0 Å². The van der Waals surface area contributed by atoms with Gasteiger partial charge in [0.25, 0.3) is 5.56 Å². The van der Waals surface area contributed by atoms with Crippen LogP contribution in [0.2, 0.25) is 0 Å². The zero-order chi connectivity index (χ0) is 18.5. The minimum absolute atomic E-state index is 0.0789. The molecule has 2 aliphatic heterocycles. The summed E-state index contributed by atoms with van der Waals surface area (Å²) >= 11 is 1.37. The van der Waals surface area contributed by atoms with Crippen LogP contribution in [-0.2, 0) is 16.1 Å². The van der Waals surface area contributed by atoms with Gasteiger partial charge in [-0.15, -0.1) is 11.3 Å². The molecule has 1 atom stereocenters. The summed E-state index contributed by atoms with van der Waals surface area (Å²) in [5.74, 6) is -1.03. The van der Waals surface area contributed by atoms with Crippen LogP contribution < -0.4 is 5.56 Å². The van der Waals surface area contributed by atoms with Gasteiger partial charge < -0.3 is 15.0 Å². The van der Waals surface area contributed by atoms with Gasteiger partial charge >= 0.3 is 5.97 Å². The van der Waals surface area contributed by atoms with Crippen LogP contribution in [0.15, 0.2) is 16.2 Å². The fraction of sp³-hybridized carbons (Fsp3) is 0.529. The molecule has 4 rings (SSSR count). The van der Waals surface area contributed by atoms with Gasteiger partial charge in [0, 0.05) is 26.6 Å². The number of carbonyl (C=O) groups excluding carboxylic acids is 1. The first kappa shape index (κ1) is 17.2. The predicted molar refractivity (Wildman–Crippen MR) is 96.0 cm³/mol. The SMILES string of the molecule is CN1C(=O)C[C@H](C(=O)O)C12CCN(Cc1nc3ccsc3c(=O)[nH]1)CC2. The normalized spacial score (nSPS) is 23.2. The van der Waals surface area contributed by atoms with Crippen molar-refractivity contribution in [2.75, 3.05) is 20.1 Å². The fourth-order valence-corrected chi connectivity index (χ4v) is 5.02. The molecule has 2 fully saturated rings. The maximum absolute atomic E-state index is 12.1. The molecule has 0 aliphatic carbocycles. The van der Waals surface area contributed by atoms with Crippen molar-refractivity contribution in [2.45, 2.75) is 31.3 Å². The van der Waals surface area contributed by atoms with Gasteiger partial charge in [-0.25, -0.2) is 4.98 Å². The number of carboxylic acids is 1. The van der Waals surface area contributed by atoms with Gasteiger partial charge in [-0.3, -0.25) is 19.3 Å². The average Bonchev–Trinajstić information content (AvgIpc) is 3.16. The standard InChI is InChI=1S/C17H20N4O4S/c1-20-13(22)8-10(16(24)25)17(20)3-5-21(6-4-17)9-12-18-11-2-7-26-14(11)15(23)19-12/h2,7,10H,3-6,8-9H2,1H3,(H,24,25)(H,18,19,23)/t10-/m1/s1. The Kier molecular flexibility index (Phi) is 4.07. The molecule has 0 radical (unpaired) electrons. The van der Waals surface area contributed by atoms with Gasteiger partial charge in [0.2, 0.25) is 5.91 Å². The maximum atomic E-state index is 12.1. The topological polar surface area (TPSA) is 107 Å². The molecule has 0 bridgehead atoms. The Labute approximate surface area is 153 Å². The lowest BCUT2D eigenvalue weighted by Crippen LogP contribution is -2.56. The van der Waals surface area contributed by atoms with E-state index in [1.165, 1.54) is 11.3 Å². The Balaban J connectivity index is 1.50. The lowest BCUT2D eigenvalue weighted by molar-refractivity contribution is -0.146. The van der Waals surface area contributed by atoms with Gasteiger partial charge in [0.1, 0.15) is 10.5 Å². The Hall–Kier alpha value is -2.26. The van der Waals surface area contributed by atoms with Crippen molar-refractivity contribution < 1.29 is 14.7 Å². The molecule has 2 aromatic rings. The number of hydrogen-bond donors (Lipinski definition) is 2. The van der Waals surface area contributed by atoms with E-state index in [0.717, 1.165) is 0 Å². The molecule has 0 aromatic carbocycles. The number of aromatic amines is 1. The van der Waals surface area contributed by atoms with E-state index in [-0.39, 0.29) is 17.9 Å². The highest BCUT2D eigenvalue weighted by atomic mass is 32.1. The van der Waals surface area contributed by atoms with E-state index in [9.17, 15) is 19.5 Å². The molecule has 4 heterocycles. The zero-order valence-corrected chi connectivity index (χ0v) is 15.2. The third-order valence-electron chi connectivity index (χ3n) is 5.83. The van der Waals surface area contributed by atoms with Crippen molar-refractivity contribution >= 4 is 33.4 Å². The van der Waals surface area contributed by atoms with Gasteiger partial charge in [-0.2, -0.15) is 0 Å². The smallest absolute Gasteiger partial charge is 0.309 e. The highest BCUT2D eigenvalue weighted by molar-refractivity contribution is 7.17. The Morgan fingerprint density at radius 2 is 2.15 bits per heavy atom. The summed E-state index contributed by atoms with van der Waals surface area (Å²) < 4.78 is 0.627. The number of aromatic nitrogens is 2. The number of rotatable bonds is 3. The second-order valence-corrected chi connectivity index (χ2v) is 7.99. The lowest BCUT2D eigenvalue weighted by atomic mass is 9.77. The monoisotopic (exact) mass is 376 g/mol. The lowest BCUT2D eigenvalue weighted by Gasteiger charge is -2.45. The van der Waals surface area contributed by atoms with E-state index >= 15 is 0 Å². The van der Waals surface area contributed by atoms with Crippen molar-refractivity contribution in [1.82, 2.24) is 19.8 Å². The first-order valence-corrected chi connectivity index (χ1v) is 9.47. The van der Waals surface area contributed by atoms with Crippen molar-refractivity contribution in [2.24, 2.45) is 5.92 Å². The van der Waals surface area contributed by atoms with Gasteiger partial charge in [-0.05, 0) is 24.3 Å². The average molecular weight is 376 g/mol. The van der Waals surface area contributed by atoms with Crippen molar-refractivity contribution in [3.05, 3.63) is 27.6 Å². The predicted octanol–water partition coefficient (Wildman–Crippen LogP) is 0.882. The number of amides is 1. The van der Waals surface area contributed by atoms with E-state index in [1.54, 1.807) is 11.9 Å². The number of aliphatic carboxylic acids is 1. The maximum Gasteiger partial charge on any atom is 0.309 e. The zero-order valence-electron chi connectivity index (χ0n) is 14.4. The summed E-state index contributed by atoms with van der Waals surface area (Å²) in [7, 11) is 1.71. The van der Waals surface area contributed by atoms with Crippen molar-refractivity contribution in [1.29, 1.82) is 0 Å². The molecule has 138 valence electrons. The molecule has 1 spiro atoms. The van der Waals surface area contributed by atoms with Crippen LogP contribution in [0.4, 0.5) is 0 Å². The summed E-state index contributed by atoms with van der Waals surface area (Å²) in [6.07, 6.45) is 1.30. The van der Waals surface area contributed by atoms with Gasteiger partial charge in [0.05, 0.1) is 23.5 Å². The third-order valence-corrected chi connectivity index (χ3v) is 6.73. The third kappa shape index (κ3) is 2.62. The second-order valence-electron chi connectivity index (χ2n) is 7.08. The van der Waals surface area contributed by atoms with Crippen LogP contribution in [0, 0.1) is 5.92 Å².